The number of aromatic nitrogens is 1. The molecule has 1 unspecified atom stereocenters. The van der Waals surface area contributed by atoms with Gasteiger partial charge in [-0.1, -0.05) is 66.7 Å². The molecule has 0 fully saturated rings. The molecule has 1 aliphatic heterocycles. The van der Waals surface area contributed by atoms with Crippen LogP contribution in [0.4, 0.5) is 5.69 Å². The van der Waals surface area contributed by atoms with E-state index >= 15 is 0 Å². The number of hydrogen-bond acceptors (Lipinski definition) is 8. The van der Waals surface area contributed by atoms with Gasteiger partial charge in [0.2, 0.25) is 0 Å². The Morgan fingerprint density at radius 3 is 2.06 bits per heavy atom. The van der Waals surface area contributed by atoms with Gasteiger partial charge in [0.25, 0.3) is 5.56 Å². The van der Waals surface area contributed by atoms with Crippen molar-refractivity contribution >= 4 is 78.8 Å². The molecule has 0 saturated heterocycles. The Kier molecular flexibility index (Phi) is 7.56. The van der Waals surface area contributed by atoms with Crippen molar-refractivity contribution in [3.8, 4) is 0 Å². The maximum absolute atomic E-state index is 14.2. The highest BCUT2D eigenvalue weighted by atomic mass is 32.1. The van der Waals surface area contributed by atoms with Crippen molar-refractivity contribution in [3.05, 3.63) is 115 Å². The maximum atomic E-state index is 14.2. The van der Waals surface area contributed by atoms with Crippen molar-refractivity contribution in [1.29, 1.82) is 0 Å². The topological polar surface area (TPSA) is 104 Å². The Labute approximate surface area is 274 Å². The molecule has 0 spiro atoms. The normalized spacial score (nSPS) is 15.1. The monoisotopic (exact) mass is 643 g/mol. The first-order chi connectivity index (χ1) is 22.7. The molecule has 8 nitrogen and oxygen atoms in total. The Morgan fingerprint density at radius 2 is 1.43 bits per heavy atom. The second kappa shape index (κ2) is 11.7. The first kappa shape index (κ1) is 30.3. The number of anilines is 1. The smallest absolute Gasteiger partial charge is 0.338 e. The summed E-state index contributed by atoms with van der Waals surface area (Å²) in [6.07, 6.45) is 1.84. The number of nitrogens with zero attached hydrogens (tertiary/aromatic N) is 2. The third-order valence-electron chi connectivity index (χ3n) is 8.73. The Bertz CT molecular complexity index is 2420. The number of hydrogen-bond donors (Lipinski definition) is 1. The Hall–Kier alpha value is -5.41. The van der Waals surface area contributed by atoms with Crippen molar-refractivity contribution in [2.45, 2.75) is 19.8 Å². The third-order valence-corrected chi connectivity index (χ3v) is 9.84. The van der Waals surface area contributed by atoms with Crippen LogP contribution < -0.4 is 25.4 Å². The maximum Gasteiger partial charge on any atom is 0.338 e. The zero-order valence-electron chi connectivity index (χ0n) is 26.5. The second-order valence-electron chi connectivity index (χ2n) is 11.6. The Morgan fingerprint density at radius 1 is 0.830 bits per heavy atom. The summed E-state index contributed by atoms with van der Waals surface area (Å²) in [5.41, 5.74) is 8.92. The number of carbonyl (C=O) groups excluding carboxylic acids is 2. The molecule has 7 rings (SSSR count). The second-order valence-corrected chi connectivity index (χ2v) is 12.7. The molecule has 1 aromatic heterocycles. The lowest BCUT2D eigenvalue weighted by Gasteiger charge is -2.27. The van der Waals surface area contributed by atoms with Crippen molar-refractivity contribution in [3.63, 3.8) is 0 Å². The highest BCUT2D eigenvalue weighted by molar-refractivity contribution is 7.07. The van der Waals surface area contributed by atoms with Gasteiger partial charge in [0, 0.05) is 19.8 Å². The summed E-state index contributed by atoms with van der Waals surface area (Å²) >= 11 is 1.16. The highest BCUT2D eigenvalue weighted by Gasteiger charge is 2.40. The average Bonchev–Trinajstić information content (AvgIpc) is 3.39. The molecule has 0 amide bonds. The van der Waals surface area contributed by atoms with E-state index in [0.717, 1.165) is 49.5 Å². The molecule has 0 bridgehead atoms. The summed E-state index contributed by atoms with van der Waals surface area (Å²) in [7, 11) is 3.86. The first-order valence-corrected chi connectivity index (χ1v) is 16.3. The van der Waals surface area contributed by atoms with E-state index in [1.54, 1.807) is 13.8 Å². The molecule has 2 heterocycles. The number of carbonyl (C=O) groups is 2. The van der Waals surface area contributed by atoms with E-state index in [2.05, 4.69) is 48.5 Å². The van der Waals surface area contributed by atoms with Gasteiger partial charge in [0.05, 0.1) is 34.8 Å². The summed E-state index contributed by atoms with van der Waals surface area (Å²) in [6.45, 7) is 3.61. The fraction of sp³-hybridized carbons (Fsp3) is 0.184. The van der Waals surface area contributed by atoms with Crippen LogP contribution in [0.25, 0.3) is 49.8 Å². The van der Waals surface area contributed by atoms with E-state index in [9.17, 15) is 14.4 Å². The van der Waals surface area contributed by atoms with Crippen molar-refractivity contribution in [1.82, 2.24) is 4.57 Å². The van der Waals surface area contributed by atoms with Crippen molar-refractivity contribution < 1.29 is 19.1 Å². The number of nitrogens with two attached hydrogens (primary N) is 1. The standard InChI is InChI=1S/C38H33N3O5S/c1-5-45-37(43)32-31(24-14-17-26(18-15-24)40(3)4)33(38(44)46-6-2)36-41(34(32)39)35(42)28(47-36)20-25-13-12-23-11-10-21-8-7-9-22-16-19-27(25)30(23)29(21)22/h7-20,31H,5-6,39H2,1-4H3/b28-20+. The number of esters is 2. The van der Waals surface area contributed by atoms with Gasteiger partial charge in [-0.05, 0) is 75.5 Å². The Balaban J connectivity index is 1.53. The highest BCUT2D eigenvalue weighted by Crippen LogP contribution is 2.39. The molecular weight excluding hydrogens is 611 g/mol. The van der Waals surface area contributed by atoms with Crippen LogP contribution >= 0.6 is 11.3 Å². The van der Waals surface area contributed by atoms with E-state index in [4.69, 9.17) is 15.2 Å². The number of thiazole rings is 1. The lowest BCUT2D eigenvalue weighted by molar-refractivity contribution is -0.138. The van der Waals surface area contributed by atoms with Gasteiger partial charge in [-0.3, -0.25) is 9.36 Å². The van der Waals surface area contributed by atoms with Gasteiger partial charge in [-0.15, -0.1) is 11.3 Å². The molecule has 5 aromatic carbocycles. The zero-order valence-corrected chi connectivity index (χ0v) is 27.3. The van der Waals surface area contributed by atoms with Crippen LogP contribution in [-0.2, 0) is 19.1 Å². The number of fused-ring (bicyclic) bond motifs is 1. The molecule has 6 aromatic rings. The van der Waals surface area contributed by atoms with Gasteiger partial charge in [-0.25, -0.2) is 9.59 Å². The lowest BCUT2D eigenvalue weighted by atomic mass is 9.83. The summed E-state index contributed by atoms with van der Waals surface area (Å²) < 4.78 is 12.9. The van der Waals surface area contributed by atoms with Crippen LogP contribution in [0.2, 0.25) is 0 Å². The minimum absolute atomic E-state index is 0.0224. The summed E-state index contributed by atoms with van der Waals surface area (Å²) in [5, 5.41) is 6.70. The minimum atomic E-state index is -0.912. The molecule has 47 heavy (non-hydrogen) atoms. The van der Waals surface area contributed by atoms with E-state index in [-0.39, 0.29) is 30.2 Å². The minimum Gasteiger partial charge on any atom is -0.463 e. The number of benzene rings is 5. The molecule has 0 saturated carbocycles. The van der Waals surface area contributed by atoms with Crippen molar-refractivity contribution in [2.75, 3.05) is 32.2 Å². The molecule has 1 atom stereocenters. The van der Waals surface area contributed by atoms with Crippen LogP contribution in [0.3, 0.4) is 0 Å². The van der Waals surface area contributed by atoms with Crippen LogP contribution in [-0.4, -0.2) is 43.8 Å². The fourth-order valence-electron chi connectivity index (χ4n) is 6.59. The van der Waals surface area contributed by atoms with Crippen LogP contribution in [0, 0.1) is 0 Å². The fourth-order valence-corrected chi connectivity index (χ4v) is 7.74. The quantitative estimate of drug-likeness (QED) is 0.195. The molecular formula is C38H33N3O5S. The van der Waals surface area contributed by atoms with Crippen molar-refractivity contribution in [2.24, 2.45) is 5.73 Å². The van der Waals surface area contributed by atoms with Gasteiger partial charge >= 0.3 is 11.9 Å². The third kappa shape index (κ3) is 4.85. The summed E-state index contributed by atoms with van der Waals surface area (Å²) in [6, 6.07) is 26.2. The first-order valence-electron chi connectivity index (χ1n) is 15.5. The van der Waals surface area contributed by atoms with Crippen LogP contribution in [0.15, 0.2) is 89.2 Å². The van der Waals surface area contributed by atoms with Crippen LogP contribution in [0.1, 0.15) is 30.9 Å². The van der Waals surface area contributed by atoms with E-state index < -0.39 is 23.4 Å². The van der Waals surface area contributed by atoms with E-state index in [1.165, 1.54) is 9.95 Å². The molecule has 9 heteroatoms. The molecule has 1 aliphatic rings. The molecule has 0 aliphatic carbocycles. The summed E-state index contributed by atoms with van der Waals surface area (Å²) in [5.74, 6) is -2.31. The van der Waals surface area contributed by atoms with Gasteiger partial charge in [-0.2, -0.15) is 0 Å². The largest absolute Gasteiger partial charge is 0.463 e. The van der Waals surface area contributed by atoms with Gasteiger partial charge in [0.1, 0.15) is 10.5 Å². The van der Waals surface area contributed by atoms with E-state index in [0.29, 0.717) is 14.8 Å². The van der Waals surface area contributed by atoms with E-state index in [1.807, 2.05) is 55.4 Å². The van der Waals surface area contributed by atoms with Gasteiger partial charge in [0.15, 0.2) is 0 Å². The zero-order chi connectivity index (χ0) is 33.0. The number of ether oxygens (including phenoxy) is 2. The predicted octanol–water partition coefficient (Wildman–Crippen LogP) is 4.90. The molecule has 2 N–H and O–H groups in total. The van der Waals surface area contributed by atoms with Gasteiger partial charge < -0.3 is 20.1 Å². The number of rotatable bonds is 7. The average molecular weight is 644 g/mol. The molecule has 236 valence electrons. The lowest BCUT2D eigenvalue weighted by Crippen LogP contribution is -2.42. The molecule has 0 radical (unpaired) electrons. The predicted molar refractivity (Wildman–Crippen MR) is 189 cm³/mol. The summed E-state index contributed by atoms with van der Waals surface area (Å²) in [4.78, 5) is 43.5. The van der Waals surface area contributed by atoms with Crippen LogP contribution in [0.5, 0.6) is 0 Å². The SMILES string of the molecule is CCOC(=O)C1=C(N)n2c(s/c(=C/c3ccc4ccc5cccc6ccc3c4c56)c2=O)=C(C(=O)OCC)C1c1ccc(N(C)C)cc1.